The number of nitrogens with one attached hydrogen (secondary N) is 2. The number of likely N-dealkylation sites (tertiary alicyclic amines) is 1. The first kappa shape index (κ1) is 22.4. The van der Waals surface area contributed by atoms with Gasteiger partial charge in [-0.05, 0) is 44.4 Å². The maximum atomic E-state index is 12.4. The number of nitrogens with two attached hydrogens (primary N) is 2. The molecule has 29 heavy (non-hydrogen) atoms. The van der Waals surface area contributed by atoms with Gasteiger partial charge < -0.3 is 27.0 Å². The number of rotatable bonds is 10. The van der Waals surface area contributed by atoms with Crippen LogP contribution in [0.1, 0.15) is 50.6 Å². The maximum Gasteiger partial charge on any atom is 0.312 e. The Bertz CT molecular complexity index is 678. The number of amides is 5. The molecule has 162 valence electrons. The van der Waals surface area contributed by atoms with E-state index in [9.17, 15) is 14.4 Å². The third-order valence-electron chi connectivity index (χ3n) is 5.11. The molecule has 0 saturated carbocycles. The van der Waals surface area contributed by atoms with Crippen LogP contribution in [0, 0.1) is 5.92 Å². The molecule has 1 aliphatic rings. The summed E-state index contributed by atoms with van der Waals surface area (Å²) in [6.45, 7) is 3.13. The SMILES string of the molecule is NC(=O)NCCCCC(=O)N1CCCC(CCn2cc(CNC(N)=O)nn2)CC1. The smallest absolute Gasteiger partial charge is 0.312 e. The second-order valence-corrected chi connectivity index (χ2v) is 7.41. The number of urea groups is 2. The molecular weight excluding hydrogens is 376 g/mol. The first-order valence-corrected chi connectivity index (χ1v) is 10.2. The van der Waals surface area contributed by atoms with Crippen LogP contribution in [0.4, 0.5) is 9.59 Å². The molecule has 0 spiro atoms. The molecule has 0 radical (unpaired) electrons. The van der Waals surface area contributed by atoms with E-state index in [-0.39, 0.29) is 12.5 Å². The van der Waals surface area contributed by atoms with Gasteiger partial charge in [-0.25, -0.2) is 9.59 Å². The van der Waals surface area contributed by atoms with Gasteiger partial charge in [-0.2, -0.15) is 0 Å². The van der Waals surface area contributed by atoms with E-state index in [0.717, 1.165) is 58.2 Å². The van der Waals surface area contributed by atoms with Gasteiger partial charge in [0.1, 0.15) is 5.69 Å². The van der Waals surface area contributed by atoms with Gasteiger partial charge in [0.2, 0.25) is 5.91 Å². The molecule has 0 bridgehead atoms. The first-order chi connectivity index (χ1) is 13.9. The lowest BCUT2D eigenvalue weighted by atomic mass is 9.97. The van der Waals surface area contributed by atoms with Crippen molar-refractivity contribution in [2.24, 2.45) is 17.4 Å². The summed E-state index contributed by atoms with van der Waals surface area (Å²) in [7, 11) is 0. The van der Waals surface area contributed by atoms with Gasteiger partial charge in [0.05, 0.1) is 12.7 Å². The Morgan fingerprint density at radius 2 is 1.90 bits per heavy atom. The number of hydrogen-bond acceptors (Lipinski definition) is 5. The van der Waals surface area contributed by atoms with Crippen molar-refractivity contribution in [3.63, 3.8) is 0 Å². The molecule has 1 unspecified atom stereocenters. The van der Waals surface area contributed by atoms with Crippen LogP contribution in [0.3, 0.4) is 0 Å². The van der Waals surface area contributed by atoms with E-state index in [4.69, 9.17) is 11.5 Å². The van der Waals surface area contributed by atoms with Gasteiger partial charge in [0, 0.05) is 32.6 Å². The quantitative estimate of drug-likeness (QED) is 0.409. The van der Waals surface area contributed by atoms with Crippen LogP contribution in [0.25, 0.3) is 0 Å². The summed E-state index contributed by atoms with van der Waals surface area (Å²) in [5.41, 5.74) is 10.7. The highest BCUT2D eigenvalue weighted by atomic mass is 16.2. The van der Waals surface area contributed by atoms with Crippen molar-refractivity contribution in [1.29, 1.82) is 0 Å². The highest BCUT2D eigenvalue weighted by Crippen LogP contribution is 2.22. The van der Waals surface area contributed by atoms with Crippen molar-refractivity contribution >= 4 is 18.0 Å². The zero-order valence-corrected chi connectivity index (χ0v) is 16.8. The van der Waals surface area contributed by atoms with Gasteiger partial charge in [-0.15, -0.1) is 5.10 Å². The van der Waals surface area contributed by atoms with Gasteiger partial charge in [0.25, 0.3) is 0 Å². The molecule has 0 aliphatic carbocycles. The monoisotopic (exact) mass is 408 g/mol. The third-order valence-corrected chi connectivity index (χ3v) is 5.11. The van der Waals surface area contributed by atoms with E-state index >= 15 is 0 Å². The summed E-state index contributed by atoms with van der Waals surface area (Å²) in [6, 6.07) is -1.11. The van der Waals surface area contributed by atoms with Crippen LogP contribution in [-0.2, 0) is 17.9 Å². The fourth-order valence-corrected chi connectivity index (χ4v) is 3.50. The standard InChI is InChI=1S/C18H32N8O3/c19-17(28)21-8-2-1-5-16(27)25-9-3-4-14(6-10-25)7-11-26-13-15(23-24-26)12-22-18(20)29/h13-14H,1-12H2,(H3,19,21,28)(H3,20,22,29). The number of carbonyl (C=O) groups excluding carboxylic acids is 3. The minimum Gasteiger partial charge on any atom is -0.352 e. The minimum absolute atomic E-state index is 0.188. The Kier molecular flexibility index (Phi) is 9.19. The summed E-state index contributed by atoms with van der Waals surface area (Å²) >= 11 is 0. The van der Waals surface area contributed by atoms with Gasteiger partial charge in [0.15, 0.2) is 0 Å². The molecule has 1 atom stereocenters. The highest BCUT2D eigenvalue weighted by Gasteiger charge is 2.20. The van der Waals surface area contributed by atoms with Crippen molar-refractivity contribution in [3.05, 3.63) is 11.9 Å². The second kappa shape index (κ2) is 11.9. The number of hydrogen-bond donors (Lipinski definition) is 4. The number of aryl methyl sites for hydroxylation is 1. The topological polar surface area (TPSA) is 161 Å². The van der Waals surface area contributed by atoms with Gasteiger partial charge in [-0.1, -0.05) is 5.21 Å². The summed E-state index contributed by atoms with van der Waals surface area (Å²) in [5, 5.41) is 13.1. The Balaban J connectivity index is 1.65. The number of primary amides is 2. The molecule has 6 N–H and O–H groups in total. The van der Waals surface area contributed by atoms with Crippen LogP contribution >= 0.6 is 0 Å². The Morgan fingerprint density at radius 1 is 1.10 bits per heavy atom. The number of aromatic nitrogens is 3. The number of carbonyl (C=O) groups is 3. The van der Waals surface area contributed by atoms with Gasteiger partial charge >= 0.3 is 12.1 Å². The first-order valence-electron chi connectivity index (χ1n) is 10.2. The second-order valence-electron chi connectivity index (χ2n) is 7.41. The van der Waals surface area contributed by atoms with Crippen molar-refractivity contribution in [3.8, 4) is 0 Å². The average molecular weight is 409 g/mol. The third kappa shape index (κ3) is 8.79. The van der Waals surface area contributed by atoms with E-state index in [1.54, 1.807) is 4.68 Å². The lowest BCUT2D eigenvalue weighted by Crippen LogP contribution is -2.32. The Morgan fingerprint density at radius 3 is 2.66 bits per heavy atom. The normalized spacial score (nSPS) is 16.8. The lowest BCUT2D eigenvalue weighted by Gasteiger charge is -2.20. The molecule has 0 aromatic carbocycles. The van der Waals surface area contributed by atoms with Gasteiger partial charge in [-0.3, -0.25) is 9.48 Å². The maximum absolute atomic E-state index is 12.4. The lowest BCUT2D eigenvalue weighted by molar-refractivity contribution is -0.131. The molecular formula is C18H32N8O3. The molecule has 1 saturated heterocycles. The summed E-state index contributed by atoms with van der Waals surface area (Å²) < 4.78 is 1.78. The minimum atomic E-state index is -0.584. The summed E-state index contributed by atoms with van der Waals surface area (Å²) in [4.78, 5) is 35.7. The predicted molar refractivity (Wildman–Crippen MR) is 106 cm³/mol. The van der Waals surface area contributed by atoms with Crippen LogP contribution in [0.2, 0.25) is 0 Å². The molecule has 11 heteroatoms. The zero-order valence-electron chi connectivity index (χ0n) is 16.8. The molecule has 1 fully saturated rings. The highest BCUT2D eigenvalue weighted by molar-refractivity contribution is 5.76. The Hall–Kier alpha value is -2.85. The molecule has 2 rings (SSSR count). The van der Waals surface area contributed by atoms with E-state index in [1.165, 1.54) is 0 Å². The molecule has 2 heterocycles. The van der Waals surface area contributed by atoms with Crippen LogP contribution in [0.5, 0.6) is 0 Å². The summed E-state index contributed by atoms with van der Waals surface area (Å²) in [5.74, 6) is 0.733. The van der Waals surface area contributed by atoms with E-state index in [1.807, 2.05) is 11.1 Å². The van der Waals surface area contributed by atoms with Crippen LogP contribution < -0.4 is 22.1 Å². The summed E-state index contributed by atoms with van der Waals surface area (Å²) in [6.07, 6.45) is 7.88. The number of unbranched alkanes of at least 4 members (excludes halogenated alkanes) is 1. The van der Waals surface area contributed by atoms with Crippen molar-refractivity contribution in [2.75, 3.05) is 19.6 Å². The fourth-order valence-electron chi connectivity index (χ4n) is 3.50. The molecule has 11 nitrogen and oxygen atoms in total. The van der Waals surface area contributed by atoms with E-state index < -0.39 is 12.1 Å². The van der Waals surface area contributed by atoms with Crippen LogP contribution in [0.15, 0.2) is 6.20 Å². The molecule has 1 aliphatic heterocycles. The van der Waals surface area contributed by atoms with Crippen molar-refractivity contribution in [1.82, 2.24) is 30.5 Å². The largest absolute Gasteiger partial charge is 0.352 e. The Labute approximate surface area is 170 Å². The number of nitrogens with zero attached hydrogens (tertiary/aromatic N) is 4. The van der Waals surface area contributed by atoms with Crippen molar-refractivity contribution in [2.45, 2.75) is 58.0 Å². The molecule has 5 amide bonds. The average Bonchev–Trinajstić information content (AvgIpc) is 3.00. The van der Waals surface area contributed by atoms with Crippen LogP contribution in [-0.4, -0.2) is 57.5 Å². The molecule has 1 aromatic rings. The molecule has 1 aromatic heterocycles. The van der Waals surface area contributed by atoms with E-state index in [2.05, 4.69) is 20.9 Å². The van der Waals surface area contributed by atoms with E-state index in [0.29, 0.717) is 24.6 Å². The predicted octanol–water partition coefficient (Wildman–Crippen LogP) is 0.304. The van der Waals surface area contributed by atoms with Crippen molar-refractivity contribution < 1.29 is 14.4 Å². The zero-order chi connectivity index (χ0) is 21.1. The fraction of sp³-hybridized carbons (Fsp3) is 0.722.